The fourth-order valence-electron chi connectivity index (χ4n) is 4.54. The number of rotatable bonds is 6. The molecular formula is C23H25FN7O2+. The number of amidine groups is 1. The van der Waals surface area contributed by atoms with Gasteiger partial charge in [-0.3, -0.25) is 14.6 Å². The number of aromatic nitrogens is 4. The molecule has 0 saturated carbocycles. The molecule has 0 bridgehead atoms. The molecule has 5 rings (SSSR count). The van der Waals surface area contributed by atoms with E-state index in [4.69, 9.17) is 4.99 Å². The van der Waals surface area contributed by atoms with Crippen LogP contribution < -0.4 is 4.57 Å². The second-order valence-electron chi connectivity index (χ2n) is 8.38. The Bertz CT molecular complexity index is 1280. The van der Waals surface area contributed by atoms with Crippen LogP contribution in [-0.2, 0) is 24.4 Å². The smallest absolute Gasteiger partial charge is 0.337 e. The van der Waals surface area contributed by atoms with E-state index in [0.29, 0.717) is 23.9 Å². The highest BCUT2D eigenvalue weighted by Crippen LogP contribution is 2.35. The Kier molecular flexibility index (Phi) is 5.07. The van der Waals surface area contributed by atoms with Crippen molar-refractivity contribution in [1.29, 1.82) is 0 Å². The van der Waals surface area contributed by atoms with E-state index in [1.54, 1.807) is 37.8 Å². The van der Waals surface area contributed by atoms with Crippen LogP contribution in [-0.4, -0.2) is 48.7 Å². The summed E-state index contributed by atoms with van der Waals surface area (Å²) < 4.78 is 20.2. The molecular weight excluding hydrogens is 425 g/mol. The van der Waals surface area contributed by atoms with Crippen molar-refractivity contribution in [3.05, 3.63) is 65.8 Å². The molecule has 0 aliphatic carbocycles. The largest absolute Gasteiger partial charge is 0.402 e. The summed E-state index contributed by atoms with van der Waals surface area (Å²) in [5.41, 5.74) is 2.23. The Balaban J connectivity index is 1.46. The minimum atomic E-state index is -0.747. The molecule has 10 heteroatoms. The molecule has 0 spiro atoms. The molecule has 33 heavy (non-hydrogen) atoms. The van der Waals surface area contributed by atoms with Gasteiger partial charge in [-0.1, -0.05) is 23.2 Å². The van der Waals surface area contributed by atoms with E-state index >= 15 is 0 Å². The molecule has 4 heterocycles. The summed E-state index contributed by atoms with van der Waals surface area (Å²) in [4.78, 5) is 37.8. The average molecular weight is 450 g/mol. The first kappa shape index (κ1) is 21.0. The van der Waals surface area contributed by atoms with E-state index in [1.807, 2.05) is 29.2 Å². The van der Waals surface area contributed by atoms with Crippen LogP contribution in [0.15, 0.2) is 48.0 Å². The Labute approximate surface area is 190 Å². The maximum Gasteiger partial charge on any atom is 0.402 e. The van der Waals surface area contributed by atoms with Gasteiger partial charge >= 0.3 is 12.0 Å². The number of imidazole rings is 2. The van der Waals surface area contributed by atoms with Crippen molar-refractivity contribution < 1.29 is 18.5 Å². The number of halogens is 1. The number of amides is 3. The predicted molar refractivity (Wildman–Crippen MR) is 117 cm³/mol. The van der Waals surface area contributed by atoms with Crippen LogP contribution in [0.5, 0.6) is 0 Å². The van der Waals surface area contributed by atoms with Gasteiger partial charge in [0.25, 0.3) is 5.91 Å². The van der Waals surface area contributed by atoms with Crippen molar-refractivity contribution >= 4 is 23.7 Å². The van der Waals surface area contributed by atoms with Crippen molar-refractivity contribution in [2.45, 2.75) is 45.9 Å². The van der Waals surface area contributed by atoms with Crippen molar-refractivity contribution in [3.8, 4) is 0 Å². The number of nitrogens with zero attached hydrogens (tertiary/aromatic N) is 7. The van der Waals surface area contributed by atoms with Gasteiger partial charge in [0.05, 0.1) is 19.4 Å². The molecule has 1 atom stereocenters. The number of likely N-dealkylation sites (N-methyl/N-ethyl adjacent to an activating group) is 1. The molecule has 1 aromatic carbocycles. The summed E-state index contributed by atoms with van der Waals surface area (Å²) in [7, 11) is 1.60. The molecule has 3 amide bonds. The number of fused-ring (bicyclic) bond motifs is 3. The van der Waals surface area contributed by atoms with E-state index in [0.717, 1.165) is 29.3 Å². The van der Waals surface area contributed by atoms with Crippen molar-refractivity contribution in [3.63, 3.8) is 0 Å². The second kappa shape index (κ2) is 7.95. The zero-order valence-electron chi connectivity index (χ0n) is 18.8. The topological polar surface area (TPSA) is 79.6 Å². The lowest BCUT2D eigenvalue weighted by Gasteiger charge is -2.33. The zero-order valence-corrected chi connectivity index (χ0v) is 18.8. The molecule has 0 radical (unpaired) electrons. The van der Waals surface area contributed by atoms with E-state index in [1.165, 1.54) is 11.0 Å². The lowest BCUT2D eigenvalue weighted by molar-refractivity contribution is -0.689. The van der Waals surface area contributed by atoms with E-state index in [-0.39, 0.29) is 6.54 Å². The first-order valence-corrected chi connectivity index (χ1v) is 10.9. The normalized spacial score (nSPS) is 17.5. The fraction of sp³-hybridized carbons (Fsp3) is 0.348. The van der Waals surface area contributed by atoms with Crippen LogP contribution in [0.1, 0.15) is 29.4 Å². The van der Waals surface area contributed by atoms with Crippen molar-refractivity contribution in [2.24, 2.45) is 4.99 Å². The summed E-state index contributed by atoms with van der Waals surface area (Å²) in [5.74, 6) is 0.200. The van der Waals surface area contributed by atoms with Gasteiger partial charge < -0.3 is 4.57 Å². The highest BCUT2D eigenvalue weighted by atomic mass is 19.1. The first-order valence-electron chi connectivity index (χ1n) is 10.9. The van der Waals surface area contributed by atoms with Gasteiger partial charge in [-0.2, -0.15) is 0 Å². The van der Waals surface area contributed by atoms with E-state index < -0.39 is 23.8 Å². The molecule has 2 aliphatic rings. The molecule has 9 nitrogen and oxygen atoms in total. The number of hydrogen-bond donors (Lipinski definition) is 0. The molecule has 2 aliphatic heterocycles. The Morgan fingerprint density at radius 3 is 2.70 bits per heavy atom. The number of aryl methyl sites for hydroxylation is 1. The minimum Gasteiger partial charge on any atom is -0.337 e. The summed E-state index contributed by atoms with van der Waals surface area (Å²) in [5, 5.41) is 0. The number of aliphatic imine (C=N–C) groups is 1. The minimum absolute atomic E-state index is 0.127. The monoisotopic (exact) mass is 450 g/mol. The standard InChI is InChI=1S/C23H25FN7O2/c1-15-16(2)31-19-20(26-22(31)29(15)11-6-10-28-12-9-25-14-28)27(3)23(33)30(21(19)32)13-17-7-4-5-8-18(17)24/h4-5,7-9,12,14,19H,6,10-11,13H2,1-3H3/q+1. The summed E-state index contributed by atoms with van der Waals surface area (Å²) in [6.07, 6.45) is 6.31. The number of carbonyl (C=O) groups excluding carboxylic acids is 2. The number of imide groups is 1. The highest BCUT2D eigenvalue weighted by Gasteiger charge is 2.54. The zero-order chi connectivity index (χ0) is 23.3. The number of hydrogen-bond acceptors (Lipinski definition) is 4. The Morgan fingerprint density at radius 1 is 1.18 bits per heavy atom. The van der Waals surface area contributed by atoms with Crippen LogP contribution >= 0.6 is 0 Å². The van der Waals surface area contributed by atoms with Gasteiger partial charge in [-0.25, -0.2) is 23.3 Å². The van der Waals surface area contributed by atoms with Crippen LogP contribution in [0.3, 0.4) is 0 Å². The van der Waals surface area contributed by atoms with Gasteiger partial charge in [-0.15, -0.1) is 0 Å². The maximum absolute atomic E-state index is 14.2. The number of carbonyl (C=O) groups is 2. The molecule has 170 valence electrons. The van der Waals surface area contributed by atoms with Gasteiger partial charge in [-0.05, 0) is 26.3 Å². The van der Waals surface area contributed by atoms with Crippen LogP contribution in [0, 0.1) is 19.7 Å². The van der Waals surface area contributed by atoms with Crippen molar-refractivity contribution in [1.82, 2.24) is 23.9 Å². The molecule has 1 fully saturated rings. The van der Waals surface area contributed by atoms with Crippen LogP contribution in [0.2, 0.25) is 0 Å². The third kappa shape index (κ3) is 3.33. The summed E-state index contributed by atoms with van der Waals surface area (Å²) in [6.45, 7) is 5.35. The van der Waals surface area contributed by atoms with Crippen molar-refractivity contribution in [2.75, 3.05) is 7.05 Å². The quantitative estimate of drug-likeness (QED) is 0.542. The third-order valence-electron chi connectivity index (χ3n) is 6.47. The van der Waals surface area contributed by atoms with Gasteiger partial charge in [0, 0.05) is 31.5 Å². The van der Waals surface area contributed by atoms with Gasteiger partial charge in [0.15, 0.2) is 0 Å². The SMILES string of the molecule is Cc1c(C)[n+](CCCn2ccnc2)c2n1C1C(=O)N(Cc3ccccc3F)C(=O)N(C)C1=N2. The average Bonchev–Trinajstić information content (AvgIpc) is 3.51. The third-order valence-corrected chi connectivity index (χ3v) is 6.47. The predicted octanol–water partition coefficient (Wildman–Crippen LogP) is 2.50. The first-order chi connectivity index (χ1) is 15.9. The Morgan fingerprint density at radius 2 is 1.97 bits per heavy atom. The summed E-state index contributed by atoms with van der Waals surface area (Å²) in [6, 6.07) is 4.92. The van der Waals surface area contributed by atoms with Gasteiger partial charge in [0.2, 0.25) is 11.9 Å². The molecule has 0 N–H and O–H groups in total. The van der Waals surface area contributed by atoms with Gasteiger partial charge in [0.1, 0.15) is 17.2 Å². The molecule has 1 saturated heterocycles. The second-order valence-corrected chi connectivity index (χ2v) is 8.38. The number of benzene rings is 1. The van der Waals surface area contributed by atoms with Crippen LogP contribution in [0.25, 0.3) is 0 Å². The highest BCUT2D eigenvalue weighted by molar-refractivity contribution is 6.20. The lowest BCUT2D eigenvalue weighted by atomic mass is 10.1. The summed E-state index contributed by atoms with van der Waals surface area (Å²) >= 11 is 0. The lowest BCUT2D eigenvalue weighted by Crippen LogP contribution is -2.57. The van der Waals surface area contributed by atoms with E-state index in [2.05, 4.69) is 9.55 Å². The Hall–Kier alpha value is -3.82. The number of urea groups is 1. The maximum atomic E-state index is 14.2. The molecule has 1 unspecified atom stereocenters. The fourth-order valence-corrected chi connectivity index (χ4v) is 4.54. The van der Waals surface area contributed by atoms with E-state index in [9.17, 15) is 14.0 Å². The molecule has 3 aromatic rings. The van der Waals surface area contributed by atoms with Crippen LogP contribution in [0.4, 0.5) is 15.1 Å². The molecule has 2 aromatic heterocycles.